The fourth-order valence-corrected chi connectivity index (χ4v) is 2.00. The number of rotatable bonds is 5. The summed E-state index contributed by atoms with van der Waals surface area (Å²) < 4.78 is 84.2. The van der Waals surface area contributed by atoms with Crippen molar-refractivity contribution in [1.82, 2.24) is 4.98 Å². The highest BCUT2D eigenvalue weighted by Crippen LogP contribution is 2.39. The minimum atomic E-state index is -5.24. The molecule has 1 aromatic heterocycles. The van der Waals surface area contributed by atoms with Crippen LogP contribution in [0, 0.1) is 0 Å². The Kier molecular flexibility index (Phi) is 6.09. The zero-order valence-corrected chi connectivity index (χ0v) is 12.3. The maximum atomic E-state index is 13.2. The van der Waals surface area contributed by atoms with E-state index in [-0.39, 0.29) is 6.61 Å². The van der Waals surface area contributed by atoms with Crippen molar-refractivity contribution in [2.75, 3.05) is 6.61 Å². The van der Waals surface area contributed by atoms with Crippen LogP contribution in [0.2, 0.25) is 0 Å². The number of hydrogen-bond acceptors (Lipinski definition) is 4. The van der Waals surface area contributed by atoms with Crippen molar-refractivity contribution in [3.8, 4) is 5.88 Å². The van der Waals surface area contributed by atoms with Crippen LogP contribution in [-0.2, 0) is 28.0 Å². The number of carbonyl (C=O) groups is 1. The maximum Gasteiger partial charge on any atom is 0.574 e. The number of halogens is 7. The summed E-state index contributed by atoms with van der Waals surface area (Å²) in [5.41, 5.74) is -3.14. The van der Waals surface area contributed by atoms with Crippen LogP contribution >= 0.6 is 11.6 Å². The monoisotopic (exact) mass is 365 g/mol. The molecule has 0 unspecified atom stereocenters. The van der Waals surface area contributed by atoms with Crippen LogP contribution in [0.25, 0.3) is 0 Å². The van der Waals surface area contributed by atoms with Gasteiger partial charge in [0.25, 0.3) is 0 Å². The molecule has 0 N–H and O–H groups in total. The van der Waals surface area contributed by atoms with Gasteiger partial charge in [-0.1, -0.05) is 0 Å². The molecule has 11 heteroatoms. The van der Waals surface area contributed by atoms with E-state index in [1.54, 1.807) is 0 Å². The lowest BCUT2D eigenvalue weighted by Gasteiger charge is -2.19. The molecule has 0 saturated heterocycles. The predicted molar refractivity (Wildman–Crippen MR) is 65.8 cm³/mol. The van der Waals surface area contributed by atoms with Gasteiger partial charge in [0.2, 0.25) is 5.88 Å². The highest BCUT2D eigenvalue weighted by Gasteiger charge is 2.40. The average Bonchev–Trinajstić information content (AvgIpc) is 2.37. The van der Waals surface area contributed by atoms with Gasteiger partial charge >= 0.3 is 18.5 Å². The summed E-state index contributed by atoms with van der Waals surface area (Å²) in [6.07, 6.45) is -10.6. The zero-order valence-electron chi connectivity index (χ0n) is 11.5. The number of aromatic nitrogens is 1. The maximum absolute atomic E-state index is 13.2. The second-order valence-corrected chi connectivity index (χ2v) is 4.37. The largest absolute Gasteiger partial charge is 0.574 e. The van der Waals surface area contributed by atoms with Crippen molar-refractivity contribution in [2.45, 2.75) is 31.8 Å². The molecule has 0 aliphatic carbocycles. The zero-order chi connectivity index (χ0) is 17.8. The molecule has 0 atom stereocenters. The van der Waals surface area contributed by atoms with Gasteiger partial charge in [-0.15, -0.1) is 24.8 Å². The van der Waals surface area contributed by atoms with Crippen molar-refractivity contribution in [2.24, 2.45) is 0 Å². The molecule has 0 saturated carbocycles. The normalized spacial score (nSPS) is 12.2. The molecule has 23 heavy (non-hydrogen) atoms. The van der Waals surface area contributed by atoms with Crippen molar-refractivity contribution < 1.29 is 40.6 Å². The Bertz CT molecular complexity index is 573. The third kappa shape index (κ3) is 5.45. The molecule has 0 aliphatic heterocycles. The first kappa shape index (κ1) is 19.3. The summed E-state index contributed by atoms with van der Waals surface area (Å²) in [5, 5.41) is 0. The Morgan fingerprint density at radius 3 is 2.30 bits per heavy atom. The molecule has 0 aromatic carbocycles. The van der Waals surface area contributed by atoms with Gasteiger partial charge in [-0.25, -0.2) is 4.98 Å². The number of ether oxygens (including phenoxy) is 2. The topological polar surface area (TPSA) is 48.4 Å². The van der Waals surface area contributed by atoms with Gasteiger partial charge in [-0.2, -0.15) is 13.2 Å². The van der Waals surface area contributed by atoms with Crippen molar-refractivity contribution >= 4 is 17.6 Å². The van der Waals surface area contributed by atoms with E-state index >= 15 is 0 Å². The molecule has 0 amide bonds. The van der Waals surface area contributed by atoms with Crippen LogP contribution in [0.1, 0.15) is 23.6 Å². The molecule has 4 nitrogen and oxygen atoms in total. The van der Waals surface area contributed by atoms with Gasteiger partial charge in [-0.05, 0) is 12.5 Å². The van der Waals surface area contributed by atoms with Crippen LogP contribution < -0.4 is 4.74 Å². The fraction of sp³-hybridized carbons (Fsp3) is 0.500. The fourth-order valence-electron chi connectivity index (χ4n) is 1.76. The van der Waals surface area contributed by atoms with E-state index in [0.29, 0.717) is 6.20 Å². The van der Waals surface area contributed by atoms with Crippen LogP contribution in [0.3, 0.4) is 0 Å². The standard InChI is InChI=1S/C12H10ClF6NO3/c1-2-22-8(21)3-6-5-20-10(23-12(17,18)19)7(4-13)9(6)11(14,15)16/h5H,2-4H2,1H3. The molecule has 0 radical (unpaired) electrons. The summed E-state index contributed by atoms with van der Waals surface area (Å²) in [5.74, 6) is -3.23. The van der Waals surface area contributed by atoms with E-state index in [0.717, 1.165) is 0 Å². The van der Waals surface area contributed by atoms with E-state index in [2.05, 4.69) is 14.5 Å². The average molecular weight is 366 g/mol. The lowest BCUT2D eigenvalue weighted by molar-refractivity contribution is -0.276. The Morgan fingerprint density at radius 2 is 1.87 bits per heavy atom. The van der Waals surface area contributed by atoms with E-state index < -0.39 is 53.4 Å². The first-order chi connectivity index (χ1) is 10.5. The minimum absolute atomic E-state index is 0.0642. The SMILES string of the molecule is CCOC(=O)Cc1cnc(OC(F)(F)F)c(CCl)c1C(F)(F)F. The third-order valence-corrected chi connectivity index (χ3v) is 2.76. The molecular formula is C12H10ClF6NO3. The second-order valence-electron chi connectivity index (χ2n) is 4.10. The number of esters is 1. The Labute approximate surface area is 131 Å². The lowest BCUT2D eigenvalue weighted by Crippen LogP contribution is -2.22. The molecule has 1 rings (SSSR count). The lowest BCUT2D eigenvalue weighted by atomic mass is 10.0. The molecule has 0 aliphatic rings. The molecule has 1 heterocycles. The van der Waals surface area contributed by atoms with E-state index in [1.807, 2.05) is 0 Å². The van der Waals surface area contributed by atoms with Gasteiger partial charge in [0.1, 0.15) is 0 Å². The Morgan fingerprint density at radius 1 is 1.26 bits per heavy atom. The summed E-state index contributed by atoms with van der Waals surface area (Å²) >= 11 is 5.34. The van der Waals surface area contributed by atoms with Crippen LogP contribution in [0.15, 0.2) is 6.20 Å². The summed E-state index contributed by atoms with van der Waals surface area (Å²) in [6, 6.07) is 0. The first-order valence-corrected chi connectivity index (χ1v) is 6.58. The van der Waals surface area contributed by atoms with E-state index in [1.165, 1.54) is 6.92 Å². The number of pyridine rings is 1. The highest BCUT2D eigenvalue weighted by molar-refractivity contribution is 6.17. The van der Waals surface area contributed by atoms with Crippen molar-refractivity contribution in [1.29, 1.82) is 0 Å². The van der Waals surface area contributed by atoms with E-state index in [4.69, 9.17) is 11.6 Å². The second kappa shape index (κ2) is 7.24. The molecule has 0 fully saturated rings. The summed E-state index contributed by atoms with van der Waals surface area (Å²) in [7, 11) is 0. The summed E-state index contributed by atoms with van der Waals surface area (Å²) in [4.78, 5) is 14.5. The quantitative estimate of drug-likeness (QED) is 0.452. The minimum Gasteiger partial charge on any atom is -0.466 e. The van der Waals surface area contributed by atoms with Gasteiger partial charge in [0, 0.05) is 11.8 Å². The molecule has 0 bridgehead atoms. The summed E-state index contributed by atoms with van der Waals surface area (Å²) in [6.45, 7) is 1.39. The van der Waals surface area contributed by atoms with E-state index in [9.17, 15) is 31.1 Å². The first-order valence-electron chi connectivity index (χ1n) is 6.04. The van der Waals surface area contributed by atoms with Crippen LogP contribution in [-0.4, -0.2) is 23.9 Å². The van der Waals surface area contributed by atoms with Gasteiger partial charge in [-0.3, -0.25) is 4.79 Å². The smallest absolute Gasteiger partial charge is 0.466 e. The van der Waals surface area contributed by atoms with Crippen molar-refractivity contribution in [3.63, 3.8) is 0 Å². The Hall–Kier alpha value is -1.71. The molecule has 0 spiro atoms. The van der Waals surface area contributed by atoms with Crippen LogP contribution in [0.5, 0.6) is 5.88 Å². The number of alkyl halides is 7. The molecular weight excluding hydrogens is 356 g/mol. The number of nitrogens with zero attached hydrogens (tertiary/aromatic N) is 1. The van der Waals surface area contributed by atoms with Gasteiger partial charge < -0.3 is 9.47 Å². The molecule has 1 aromatic rings. The van der Waals surface area contributed by atoms with Crippen LogP contribution in [0.4, 0.5) is 26.3 Å². The highest BCUT2D eigenvalue weighted by atomic mass is 35.5. The number of hydrogen-bond donors (Lipinski definition) is 0. The van der Waals surface area contributed by atoms with Gasteiger partial charge in [0.05, 0.1) is 24.5 Å². The predicted octanol–water partition coefficient (Wildman–Crippen LogP) is 3.84. The number of carbonyl (C=O) groups excluding carboxylic acids is 1. The van der Waals surface area contributed by atoms with Gasteiger partial charge in [0.15, 0.2) is 0 Å². The molecule has 130 valence electrons. The Balaban J connectivity index is 3.40. The third-order valence-electron chi connectivity index (χ3n) is 2.49. The van der Waals surface area contributed by atoms with Crippen molar-refractivity contribution in [3.05, 3.63) is 22.9 Å².